The molecule has 0 spiro atoms. The van der Waals surface area contributed by atoms with E-state index >= 15 is 0 Å². The lowest BCUT2D eigenvalue weighted by Crippen LogP contribution is -2.10. The largest absolute Gasteiger partial charge is 0.307 e. The number of aromatic nitrogens is 2. The van der Waals surface area contributed by atoms with Crippen LogP contribution in [0.1, 0.15) is 24.6 Å². The van der Waals surface area contributed by atoms with E-state index in [1.54, 1.807) is 6.07 Å². The van der Waals surface area contributed by atoms with E-state index in [4.69, 9.17) is 11.6 Å². The number of halogens is 1. The van der Waals surface area contributed by atoms with E-state index in [-0.39, 0.29) is 5.56 Å². The van der Waals surface area contributed by atoms with Gasteiger partial charge in [0.15, 0.2) is 0 Å². The predicted octanol–water partition coefficient (Wildman–Crippen LogP) is 3.35. The Morgan fingerprint density at radius 3 is 2.78 bits per heavy atom. The van der Waals surface area contributed by atoms with Crippen molar-refractivity contribution in [1.29, 1.82) is 0 Å². The third-order valence-electron chi connectivity index (χ3n) is 2.75. The molecule has 2 aromatic rings. The molecule has 0 saturated heterocycles. The number of H-pyrrole nitrogens is 1. The van der Waals surface area contributed by atoms with Crippen molar-refractivity contribution in [3.8, 4) is 11.4 Å². The van der Waals surface area contributed by atoms with Gasteiger partial charge in [-0.05, 0) is 25.0 Å². The van der Waals surface area contributed by atoms with Gasteiger partial charge in [-0.3, -0.25) is 4.79 Å². The molecule has 0 fully saturated rings. The Bertz CT molecular complexity index is 619. The van der Waals surface area contributed by atoms with Crippen LogP contribution in [-0.2, 0) is 6.42 Å². The molecule has 0 radical (unpaired) electrons. The van der Waals surface area contributed by atoms with Crippen molar-refractivity contribution in [3.05, 3.63) is 50.9 Å². The number of hydrogen-bond donors (Lipinski definition) is 1. The molecular weight excluding hydrogens is 248 g/mol. The second kappa shape index (κ2) is 5.36. The summed E-state index contributed by atoms with van der Waals surface area (Å²) in [5.74, 6) is 0.577. The molecule has 1 aromatic carbocycles. The van der Waals surface area contributed by atoms with Crippen LogP contribution < -0.4 is 5.56 Å². The number of aryl methyl sites for hydroxylation is 2. The number of benzene rings is 1. The highest BCUT2D eigenvalue weighted by Gasteiger charge is 2.05. The SMILES string of the molecule is CCCc1cc(=O)[nH]c(-c2ccc(C)c(Cl)c2)n1. The zero-order valence-electron chi connectivity index (χ0n) is 10.5. The third-order valence-corrected chi connectivity index (χ3v) is 3.15. The number of aromatic amines is 1. The minimum absolute atomic E-state index is 0.125. The first-order chi connectivity index (χ1) is 8.60. The third kappa shape index (κ3) is 2.79. The average Bonchev–Trinajstić information content (AvgIpc) is 2.32. The van der Waals surface area contributed by atoms with Crippen LogP contribution in [-0.4, -0.2) is 9.97 Å². The van der Waals surface area contributed by atoms with Gasteiger partial charge in [-0.25, -0.2) is 4.98 Å². The normalized spacial score (nSPS) is 10.6. The fourth-order valence-electron chi connectivity index (χ4n) is 1.77. The maximum atomic E-state index is 11.6. The highest BCUT2D eigenvalue weighted by atomic mass is 35.5. The van der Waals surface area contributed by atoms with E-state index in [0.717, 1.165) is 29.7 Å². The van der Waals surface area contributed by atoms with Gasteiger partial charge in [0.2, 0.25) is 0 Å². The molecule has 94 valence electrons. The van der Waals surface area contributed by atoms with Gasteiger partial charge >= 0.3 is 0 Å². The Labute approximate surface area is 111 Å². The lowest BCUT2D eigenvalue weighted by molar-refractivity contribution is 0.870. The molecule has 0 saturated carbocycles. The topological polar surface area (TPSA) is 45.8 Å². The fourth-order valence-corrected chi connectivity index (χ4v) is 1.95. The summed E-state index contributed by atoms with van der Waals surface area (Å²) in [7, 11) is 0. The summed E-state index contributed by atoms with van der Waals surface area (Å²) in [5, 5.41) is 0.677. The van der Waals surface area contributed by atoms with Gasteiger partial charge in [-0.2, -0.15) is 0 Å². The van der Waals surface area contributed by atoms with Crippen LogP contribution in [0.5, 0.6) is 0 Å². The van der Waals surface area contributed by atoms with Gasteiger partial charge < -0.3 is 4.98 Å². The number of hydrogen-bond acceptors (Lipinski definition) is 2. The van der Waals surface area contributed by atoms with E-state index in [0.29, 0.717) is 10.8 Å². The van der Waals surface area contributed by atoms with Gasteiger partial charge in [0, 0.05) is 22.3 Å². The minimum Gasteiger partial charge on any atom is -0.307 e. The Morgan fingerprint density at radius 1 is 1.33 bits per heavy atom. The van der Waals surface area contributed by atoms with Crippen LogP contribution in [0.15, 0.2) is 29.1 Å². The van der Waals surface area contributed by atoms with Crippen LogP contribution in [0.3, 0.4) is 0 Å². The molecule has 18 heavy (non-hydrogen) atoms. The Hall–Kier alpha value is -1.61. The van der Waals surface area contributed by atoms with Crippen molar-refractivity contribution in [2.45, 2.75) is 26.7 Å². The van der Waals surface area contributed by atoms with Crippen LogP contribution in [0, 0.1) is 6.92 Å². The fraction of sp³-hybridized carbons (Fsp3) is 0.286. The van der Waals surface area contributed by atoms with Crippen LogP contribution >= 0.6 is 11.6 Å². The maximum absolute atomic E-state index is 11.6. The van der Waals surface area contributed by atoms with Crippen molar-refractivity contribution in [2.24, 2.45) is 0 Å². The highest BCUT2D eigenvalue weighted by Crippen LogP contribution is 2.22. The minimum atomic E-state index is -0.125. The zero-order chi connectivity index (χ0) is 13.1. The maximum Gasteiger partial charge on any atom is 0.251 e. The van der Waals surface area contributed by atoms with Crippen LogP contribution in [0.2, 0.25) is 5.02 Å². The lowest BCUT2D eigenvalue weighted by atomic mass is 10.1. The highest BCUT2D eigenvalue weighted by molar-refractivity contribution is 6.31. The first-order valence-corrected chi connectivity index (χ1v) is 6.34. The molecule has 1 N–H and O–H groups in total. The van der Waals surface area contributed by atoms with E-state index in [1.165, 1.54) is 0 Å². The van der Waals surface area contributed by atoms with E-state index in [1.807, 2.05) is 25.1 Å². The Morgan fingerprint density at radius 2 is 2.11 bits per heavy atom. The van der Waals surface area contributed by atoms with Gasteiger partial charge in [0.25, 0.3) is 5.56 Å². The molecule has 0 bridgehead atoms. The number of rotatable bonds is 3. The van der Waals surface area contributed by atoms with Crippen molar-refractivity contribution in [2.75, 3.05) is 0 Å². The van der Waals surface area contributed by atoms with Crippen molar-refractivity contribution in [1.82, 2.24) is 9.97 Å². The van der Waals surface area contributed by atoms with Crippen LogP contribution in [0.4, 0.5) is 0 Å². The monoisotopic (exact) mass is 262 g/mol. The van der Waals surface area contributed by atoms with Gasteiger partial charge in [-0.1, -0.05) is 37.1 Å². The molecule has 4 heteroatoms. The van der Waals surface area contributed by atoms with Gasteiger partial charge in [-0.15, -0.1) is 0 Å². The average molecular weight is 263 g/mol. The Kier molecular flexibility index (Phi) is 3.82. The number of nitrogens with zero attached hydrogens (tertiary/aromatic N) is 1. The zero-order valence-corrected chi connectivity index (χ0v) is 11.2. The summed E-state index contributed by atoms with van der Waals surface area (Å²) < 4.78 is 0. The van der Waals surface area contributed by atoms with Gasteiger partial charge in [0.05, 0.1) is 0 Å². The molecule has 1 aromatic heterocycles. The summed E-state index contributed by atoms with van der Waals surface area (Å²) in [6.45, 7) is 4.00. The Balaban J connectivity index is 2.49. The van der Waals surface area contributed by atoms with E-state index < -0.39 is 0 Å². The summed E-state index contributed by atoms with van der Waals surface area (Å²) in [6.07, 6.45) is 1.76. The standard InChI is InChI=1S/C14H15ClN2O/c1-3-4-11-8-13(18)17-14(16-11)10-6-5-9(2)12(15)7-10/h5-8H,3-4H2,1-2H3,(H,16,17,18). The summed E-state index contributed by atoms with van der Waals surface area (Å²) >= 11 is 6.08. The van der Waals surface area contributed by atoms with Crippen molar-refractivity contribution >= 4 is 11.6 Å². The van der Waals surface area contributed by atoms with E-state index in [9.17, 15) is 4.79 Å². The summed E-state index contributed by atoms with van der Waals surface area (Å²) in [4.78, 5) is 18.8. The van der Waals surface area contributed by atoms with Gasteiger partial charge in [0.1, 0.15) is 5.82 Å². The first kappa shape index (κ1) is 12.8. The second-order valence-corrected chi connectivity index (χ2v) is 4.71. The molecule has 0 aliphatic rings. The van der Waals surface area contributed by atoms with E-state index in [2.05, 4.69) is 16.9 Å². The molecule has 0 atom stereocenters. The molecule has 1 heterocycles. The quantitative estimate of drug-likeness (QED) is 0.922. The lowest BCUT2D eigenvalue weighted by Gasteiger charge is -2.05. The molecule has 0 amide bonds. The second-order valence-electron chi connectivity index (χ2n) is 4.30. The molecular formula is C14H15ClN2O. The predicted molar refractivity (Wildman–Crippen MR) is 74.0 cm³/mol. The molecule has 3 nitrogen and oxygen atoms in total. The molecule has 0 unspecified atom stereocenters. The summed E-state index contributed by atoms with van der Waals surface area (Å²) in [6, 6.07) is 7.20. The van der Waals surface area contributed by atoms with Crippen molar-refractivity contribution < 1.29 is 0 Å². The number of nitrogens with one attached hydrogen (secondary N) is 1. The molecule has 2 rings (SSSR count). The molecule has 0 aliphatic carbocycles. The van der Waals surface area contributed by atoms with Crippen LogP contribution in [0.25, 0.3) is 11.4 Å². The summed E-state index contributed by atoms with van der Waals surface area (Å²) in [5.41, 5.74) is 2.53. The van der Waals surface area contributed by atoms with Crippen molar-refractivity contribution in [3.63, 3.8) is 0 Å². The molecule has 0 aliphatic heterocycles. The first-order valence-electron chi connectivity index (χ1n) is 5.97. The smallest absolute Gasteiger partial charge is 0.251 e.